The van der Waals surface area contributed by atoms with Crippen LogP contribution in [0.2, 0.25) is 0 Å². The fraction of sp³-hybridized carbons (Fsp3) is 0.609. The number of esters is 1. The number of carbonyl (C=O) groups excluding carboxylic acids is 3. The van der Waals surface area contributed by atoms with Crippen molar-refractivity contribution in [2.24, 2.45) is 5.92 Å². The first kappa shape index (κ1) is 19.9. The van der Waals surface area contributed by atoms with Crippen LogP contribution in [0.4, 0.5) is 0 Å². The Morgan fingerprint density at radius 3 is 2.66 bits per heavy atom. The zero-order chi connectivity index (χ0) is 20.5. The van der Waals surface area contributed by atoms with Crippen LogP contribution >= 0.6 is 0 Å². The quantitative estimate of drug-likeness (QED) is 0.691. The van der Waals surface area contributed by atoms with Crippen LogP contribution in [-0.4, -0.2) is 58.4 Å². The topological polar surface area (TPSA) is 66.9 Å². The molecule has 0 N–H and O–H groups in total. The van der Waals surface area contributed by atoms with Crippen molar-refractivity contribution in [2.75, 3.05) is 6.61 Å². The van der Waals surface area contributed by atoms with E-state index in [1.54, 1.807) is 13.8 Å². The first-order valence-corrected chi connectivity index (χ1v) is 10.9. The highest BCUT2D eigenvalue weighted by Gasteiger charge is 2.56. The first-order chi connectivity index (χ1) is 14.0. The lowest BCUT2D eigenvalue weighted by Gasteiger charge is -2.45. The number of rotatable bonds is 6. The third-order valence-corrected chi connectivity index (χ3v) is 6.85. The number of nitrogens with zero attached hydrogens (tertiary/aromatic N) is 2. The average molecular weight is 399 g/mol. The number of aryl methyl sites for hydroxylation is 1. The molecule has 1 aromatic carbocycles. The molecule has 1 aliphatic carbocycles. The maximum atomic E-state index is 13.5. The molecule has 2 heterocycles. The molecular formula is C23H30N2O4. The molecule has 0 radical (unpaired) electrons. The van der Waals surface area contributed by atoms with Crippen molar-refractivity contribution in [3.63, 3.8) is 0 Å². The van der Waals surface area contributed by atoms with Crippen LogP contribution in [0.1, 0.15) is 51.5 Å². The number of piperazine rings is 1. The third-order valence-electron chi connectivity index (χ3n) is 6.85. The van der Waals surface area contributed by atoms with Crippen molar-refractivity contribution < 1.29 is 19.1 Å². The lowest BCUT2D eigenvalue weighted by Crippen LogP contribution is -2.66. The maximum absolute atomic E-state index is 13.5. The molecule has 4 rings (SSSR count). The summed E-state index contributed by atoms with van der Waals surface area (Å²) in [6, 6.07) is 8.31. The molecule has 0 bridgehead atoms. The number of benzene rings is 1. The van der Waals surface area contributed by atoms with Crippen molar-refractivity contribution in [3.05, 3.63) is 35.9 Å². The van der Waals surface area contributed by atoms with Gasteiger partial charge in [0.15, 0.2) is 0 Å². The fourth-order valence-corrected chi connectivity index (χ4v) is 5.50. The van der Waals surface area contributed by atoms with Crippen molar-refractivity contribution in [1.29, 1.82) is 0 Å². The van der Waals surface area contributed by atoms with Crippen LogP contribution in [0.5, 0.6) is 0 Å². The van der Waals surface area contributed by atoms with Gasteiger partial charge < -0.3 is 14.5 Å². The third kappa shape index (κ3) is 3.53. The van der Waals surface area contributed by atoms with E-state index in [-0.39, 0.29) is 24.5 Å². The molecule has 0 spiro atoms. The normalized spacial score (nSPS) is 29.6. The summed E-state index contributed by atoms with van der Waals surface area (Å²) in [6.07, 6.45) is 5.03. The zero-order valence-corrected chi connectivity index (χ0v) is 17.3. The van der Waals surface area contributed by atoms with Crippen LogP contribution in [0.15, 0.2) is 30.3 Å². The Morgan fingerprint density at radius 1 is 1.17 bits per heavy atom. The molecule has 5 atom stereocenters. The molecule has 3 aliphatic rings. The van der Waals surface area contributed by atoms with Gasteiger partial charge in [0.05, 0.1) is 6.61 Å². The largest absolute Gasteiger partial charge is 0.464 e. The lowest BCUT2D eigenvalue weighted by atomic mass is 9.97. The Kier molecular flexibility index (Phi) is 5.61. The van der Waals surface area contributed by atoms with Crippen LogP contribution in [0, 0.1) is 5.92 Å². The first-order valence-electron chi connectivity index (χ1n) is 10.9. The van der Waals surface area contributed by atoms with E-state index in [1.807, 2.05) is 35.2 Å². The summed E-state index contributed by atoms with van der Waals surface area (Å²) < 4.78 is 5.31. The van der Waals surface area contributed by atoms with Gasteiger partial charge in [-0.1, -0.05) is 36.8 Å². The number of fused-ring (bicyclic) bond motifs is 3. The van der Waals surface area contributed by atoms with E-state index in [4.69, 9.17) is 4.74 Å². The van der Waals surface area contributed by atoms with Gasteiger partial charge >= 0.3 is 5.97 Å². The van der Waals surface area contributed by atoms with Gasteiger partial charge in [-0.05, 0) is 57.4 Å². The number of carbonyl (C=O) groups is 3. The molecule has 1 saturated carbocycles. The van der Waals surface area contributed by atoms with Gasteiger partial charge in [0.1, 0.15) is 18.1 Å². The molecule has 1 aromatic rings. The Balaban J connectivity index is 1.58. The predicted octanol–water partition coefficient (Wildman–Crippen LogP) is 2.55. The van der Waals surface area contributed by atoms with Gasteiger partial charge in [-0.3, -0.25) is 9.59 Å². The molecule has 29 heavy (non-hydrogen) atoms. The number of hydrogen-bond donors (Lipinski definition) is 0. The monoisotopic (exact) mass is 398 g/mol. The van der Waals surface area contributed by atoms with E-state index in [1.165, 1.54) is 4.90 Å². The Labute approximate surface area is 172 Å². The number of amides is 2. The van der Waals surface area contributed by atoms with Gasteiger partial charge in [0.25, 0.3) is 0 Å². The standard InChI is InChI=1S/C23H30N2O4/c1-3-29-23(28)19(13-12-16-8-5-4-6-9-16)24-15(2)21(26)25-18-11-7-10-17(18)14-20(25)22(24)27/h4-6,8-9,15,17-20H,3,7,10-14H2,1-2H3/t15-,17+,18+,19+,20+/m0/s1. The second kappa shape index (κ2) is 8.17. The van der Waals surface area contributed by atoms with E-state index in [0.29, 0.717) is 18.8 Å². The summed E-state index contributed by atoms with van der Waals surface area (Å²) >= 11 is 0. The highest BCUT2D eigenvalue weighted by Crippen LogP contribution is 2.44. The molecule has 156 valence electrons. The van der Waals surface area contributed by atoms with Crippen molar-refractivity contribution in [2.45, 2.75) is 76.5 Å². The van der Waals surface area contributed by atoms with E-state index in [2.05, 4.69) is 0 Å². The smallest absolute Gasteiger partial charge is 0.328 e. The van der Waals surface area contributed by atoms with E-state index < -0.39 is 24.1 Å². The summed E-state index contributed by atoms with van der Waals surface area (Å²) in [6.45, 7) is 3.77. The van der Waals surface area contributed by atoms with Gasteiger partial charge in [-0.2, -0.15) is 0 Å². The van der Waals surface area contributed by atoms with Crippen molar-refractivity contribution in [1.82, 2.24) is 9.80 Å². The lowest BCUT2D eigenvalue weighted by molar-refractivity contribution is -0.170. The molecule has 2 aliphatic heterocycles. The molecule has 3 fully saturated rings. The summed E-state index contributed by atoms with van der Waals surface area (Å²) in [5, 5.41) is 0. The summed E-state index contributed by atoms with van der Waals surface area (Å²) in [5.74, 6) is -0.0934. The van der Waals surface area contributed by atoms with Crippen LogP contribution < -0.4 is 0 Å². The van der Waals surface area contributed by atoms with E-state index >= 15 is 0 Å². The minimum atomic E-state index is -0.732. The Bertz CT molecular complexity index is 780. The second-order valence-corrected chi connectivity index (χ2v) is 8.47. The van der Waals surface area contributed by atoms with E-state index in [9.17, 15) is 14.4 Å². The highest BCUT2D eigenvalue weighted by atomic mass is 16.5. The Morgan fingerprint density at radius 2 is 1.93 bits per heavy atom. The van der Waals surface area contributed by atoms with E-state index in [0.717, 1.165) is 31.2 Å². The number of hydrogen-bond acceptors (Lipinski definition) is 4. The minimum absolute atomic E-state index is 0.0157. The fourth-order valence-electron chi connectivity index (χ4n) is 5.50. The van der Waals surface area contributed by atoms with Crippen LogP contribution in [0.25, 0.3) is 0 Å². The SMILES string of the molecule is CCOC(=O)[C@@H](CCc1ccccc1)N1C(=O)[C@H]2C[C@H]3CCC[C@H]3N2C(=O)[C@@H]1C. The van der Waals surface area contributed by atoms with Gasteiger partial charge in [-0.25, -0.2) is 4.79 Å². The molecule has 2 amide bonds. The van der Waals surface area contributed by atoms with Crippen molar-refractivity contribution >= 4 is 17.8 Å². The van der Waals surface area contributed by atoms with Crippen molar-refractivity contribution in [3.8, 4) is 0 Å². The molecule has 6 nitrogen and oxygen atoms in total. The Hall–Kier alpha value is -2.37. The maximum Gasteiger partial charge on any atom is 0.328 e. The molecule has 6 heteroatoms. The van der Waals surface area contributed by atoms with Gasteiger partial charge in [-0.15, -0.1) is 0 Å². The predicted molar refractivity (Wildman–Crippen MR) is 108 cm³/mol. The minimum Gasteiger partial charge on any atom is -0.464 e. The van der Waals surface area contributed by atoms with Gasteiger partial charge in [0.2, 0.25) is 11.8 Å². The highest BCUT2D eigenvalue weighted by molar-refractivity contribution is 5.99. The van der Waals surface area contributed by atoms with Crippen LogP contribution in [0.3, 0.4) is 0 Å². The zero-order valence-electron chi connectivity index (χ0n) is 17.3. The molecular weight excluding hydrogens is 368 g/mol. The number of ether oxygens (including phenoxy) is 1. The summed E-state index contributed by atoms with van der Waals surface area (Å²) in [4.78, 5) is 42.9. The molecule has 2 saturated heterocycles. The molecule has 0 aromatic heterocycles. The summed E-state index contributed by atoms with van der Waals surface area (Å²) in [7, 11) is 0. The van der Waals surface area contributed by atoms with Crippen LogP contribution in [-0.2, 0) is 25.5 Å². The molecule has 0 unspecified atom stereocenters. The summed E-state index contributed by atoms with van der Waals surface area (Å²) in [5.41, 5.74) is 1.10. The van der Waals surface area contributed by atoms with Gasteiger partial charge in [0, 0.05) is 6.04 Å². The second-order valence-electron chi connectivity index (χ2n) is 8.47. The average Bonchev–Trinajstić information content (AvgIpc) is 3.31.